The van der Waals surface area contributed by atoms with Crippen molar-refractivity contribution in [1.29, 1.82) is 0 Å². The third-order valence-corrected chi connectivity index (χ3v) is 2.51. The van der Waals surface area contributed by atoms with Crippen LogP contribution in [-0.2, 0) is 4.79 Å². The Labute approximate surface area is 97.8 Å². The second kappa shape index (κ2) is 3.99. The second-order valence-electron chi connectivity index (χ2n) is 3.40. The van der Waals surface area contributed by atoms with E-state index in [4.69, 9.17) is 11.6 Å². The number of hydrogen-bond donors (Lipinski definition) is 1. The predicted molar refractivity (Wildman–Crippen MR) is 61.7 cm³/mol. The fourth-order valence-corrected chi connectivity index (χ4v) is 1.69. The Morgan fingerprint density at radius 1 is 1.38 bits per heavy atom. The third-order valence-electron chi connectivity index (χ3n) is 2.38. The van der Waals surface area contributed by atoms with Gasteiger partial charge < -0.3 is 5.32 Å². The molecule has 1 heterocycles. The van der Waals surface area contributed by atoms with Crippen LogP contribution in [-0.4, -0.2) is 17.6 Å². The number of carbonyl (C=O) groups excluding carboxylic acids is 2. The lowest BCUT2D eigenvalue weighted by molar-refractivity contribution is -0.112. The molecular formula is C12H8ClNO2. The lowest BCUT2D eigenvalue weighted by Crippen LogP contribution is -2.13. The number of fused-ring (bicyclic) bond motifs is 1. The molecule has 1 aliphatic rings. The number of nitrogens with one attached hydrogen (secondary N) is 1. The van der Waals surface area contributed by atoms with Crippen molar-refractivity contribution in [2.24, 2.45) is 0 Å². The number of benzene rings is 1. The number of halogens is 1. The molecule has 0 bridgehead atoms. The van der Waals surface area contributed by atoms with Crippen LogP contribution >= 0.6 is 11.6 Å². The van der Waals surface area contributed by atoms with Crippen LogP contribution in [0.25, 0.3) is 0 Å². The van der Waals surface area contributed by atoms with Crippen molar-refractivity contribution in [3.05, 3.63) is 28.8 Å². The summed E-state index contributed by atoms with van der Waals surface area (Å²) in [4.78, 5) is 22.9. The largest absolute Gasteiger partial charge is 0.318 e. The molecule has 0 unspecified atom stereocenters. The van der Waals surface area contributed by atoms with Crippen LogP contribution in [0, 0.1) is 18.8 Å². The molecule has 1 aromatic carbocycles. The zero-order chi connectivity index (χ0) is 11.7. The maximum Gasteiger partial charge on any atom is 0.296 e. The van der Waals surface area contributed by atoms with Crippen molar-refractivity contribution in [2.75, 3.05) is 11.2 Å². The molecule has 0 saturated heterocycles. The Bertz CT molecular complexity index is 552. The van der Waals surface area contributed by atoms with Crippen molar-refractivity contribution in [3.8, 4) is 11.8 Å². The summed E-state index contributed by atoms with van der Waals surface area (Å²) in [7, 11) is 0. The first-order chi connectivity index (χ1) is 7.65. The fourth-order valence-electron chi connectivity index (χ4n) is 1.62. The standard InChI is InChI=1S/C12H8ClNO2/c1-7-4-5-9-10(8(7)3-2-6-13)11(15)12(16)14-9/h4-5H,6H2,1H3,(H,14,15,16). The van der Waals surface area contributed by atoms with Gasteiger partial charge in [-0.1, -0.05) is 17.9 Å². The van der Waals surface area contributed by atoms with Gasteiger partial charge in [-0.05, 0) is 18.6 Å². The lowest BCUT2D eigenvalue weighted by Gasteiger charge is -2.03. The topological polar surface area (TPSA) is 46.2 Å². The minimum absolute atomic E-state index is 0.193. The molecule has 0 aliphatic carbocycles. The number of aryl methyl sites for hydroxylation is 1. The van der Waals surface area contributed by atoms with E-state index in [1.54, 1.807) is 6.07 Å². The molecule has 2 rings (SSSR count). The highest BCUT2D eigenvalue weighted by Crippen LogP contribution is 2.28. The summed E-state index contributed by atoms with van der Waals surface area (Å²) in [5.41, 5.74) is 2.34. The molecule has 1 N–H and O–H groups in total. The van der Waals surface area contributed by atoms with Gasteiger partial charge in [-0.2, -0.15) is 0 Å². The van der Waals surface area contributed by atoms with Crippen molar-refractivity contribution in [2.45, 2.75) is 6.92 Å². The SMILES string of the molecule is Cc1ccc2c(c1C#CCCl)C(=O)C(=O)N2. The first-order valence-corrected chi connectivity index (χ1v) is 5.22. The Hall–Kier alpha value is -1.79. The Morgan fingerprint density at radius 2 is 2.12 bits per heavy atom. The Kier molecular flexibility index (Phi) is 2.67. The smallest absolute Gasteiger partial charge is 0.296 e. The number of carbonyl (C=O) groups is 2. The molecule has 0 atom stereocenters. The molecule has 16 heavy (non-hydrogen) atoms. The van der Waals surface area contributed by atoms with E-state index in [9.17, 15) is 9.59 Å². The second-order valence-corrected chi connectivity index (χ2v) is 3.67. The number of Topliss-reactive ketones (excluding diaryl/α,β-unsaturated/α-hetero) is 1. The number of alkyl halides is 1. The molecule has 0 aromatic heterocycles. The molecule has 0 saturated carbocycles. The van der Waals surface area contributed by atoms with E-state index >= 15 is 0 Å². The molecule has 3 nitrogen and oxygen atoms in total. The summed E-state index contributed by atoms with van der Waals surface area (Å²) >= 11 is 5.48. The van der Waals surface area contributed by atoms with E-state index in [0.717, 1.165) is 5.56 Å². The van der Waals surface area contributed by atoms with Gasteiger partial charge in [0.05, 0.1) is 17.1 Å². The van der Waals surface area contributed by atoms with Gasteiger partial charge in [0.1, 0.15) is 0 Å². The Balaban J connectivity index is 2.66. The summed E-state index contributed by atoms with van der Waals surface area (Å²) in [6.45, 7) is 1.84. The van der Waals surface area contributed by atoms with Gasteiger partial charge in [0.25, 0.3) is 11.7 Å². The van der Waals surface area contributed by atoms with Gasteiger partial charge in [0.2, 0.25) is 0 Å². The summed E-state index contributed by atoms with van der Waals surface area (Å²) in [6, 6.07) is 3.52. The lowest BCUT2D eigenvalue weighted by atomic mass is 9.99. The first-order valence-electron chi connectivity index (χ1n) is 4.69. The summed E-state index contributed by atoms with van der Waals surface area (Å²) in [5, 5.41) is 2.50. The summed E-state index contributed by atoms with van der Waals surface area (Å²) in [6.07, 6.45) is 0. The normalized spacial score (nSPS) is 12.9. The summed E-state index contributed by atoms with van der Waals surface area (Å²) in [5.74, 6) is 4.57. The van der Waals surface area contributed by atoms with Gasteiger partial charge in [-0.3, -0.25) is 9.59 Å². The van der Waals surface area contributed by atoms with Crippen molar-refractivity contribution in [1.82, 2.24) is 0 Å². The number of ketones is 1. The number of hydrogen-bond acceptors (Lipinski definition) is 2. The quantitative estimate of drug-likeness (QED) is 0.421. The van der Waals surface area contributed by atoms with E-state index in [1.807, 2.05) is 13.0 Å². The average Bonchev–Trinajstić information content (AvgIpc) is 2.55. The molecular weight excluding hydrogens is 226 g/mol. The van der Waals surface area contributed by atoms with Crippen LogP contribution in [0.4, 0.5) is 5.69 Å². The van der Waals surface area contributed by atoms with E-state index in [0.29, 0.717) is 16.8 Å². The summed E-state index contributed by atoms with van der Waals surface area (Å²) < 4.78 is 0. The monoisotopic (exact) mass is 233 g/mol. The Morgan fingerprint density at radius 3 is 2.81 bits per heavy atom. The molecule has 0 radical (unpaired) electrons. The van der Waals surface area contributed by atoms with Gasteiger partial charge >= 0.3 is 0 Å². The number of amides is 1. The van der Waals surface area contributed by atoms with E-state index in [1.165, 1.54) is 0 Å². The van der Waals surface area contributed by atoms with Crippen molar-refractivity contribution < 1.29 is 9.59 Å². The molecule has 0 fully saturated rings. The predicted octanol–water partition coefficient (Wildman–Crippen LogP) is 1.72. The van der Waals surface area contributed by atoms with Gasteiger partial charge in [-0.15, -0.1) is 11.6 Å². The van der Waals surface area contributed by atoms with E-state index in [2.05, 4.69) is 17.2 Å². The highest BCUT2D eigenvalue weighted by atomic mass is 35.5. The maximum absolute atomic E-state index is 11.6. The van der Waals surface area contributed by atoms with Crippen molar-refractivity contribution >= 4 is 29.0 Å². The van der Waals surface area contributed by atoms with Crippen LogP contribution in [0.15, 0.2) is 12.1 Å². The maximum atomic E-state index is 11.6. The zero-order valence-corrected chi connectivity index (χ0v) is 9.31. The minimum Gasteiger partial charge on any atom is -0.318 e. The van der Waals surface area contributed by atoms with Gasteiger partial charge in [0.15, 0.2) is 0 Å². The van der Waals surface area contributed by atoms with Crippen molar-refractivity contribution in [3.63, 3.8) is 0 Å². The highest BCUT2D eigenvalue weighted by molar-refractivity contribution is 6.52. The molecule has 1 amide bonds. The molecule has 0 spiro atoms. The zero-order valence-electron chi connectivity index (χ0n) is 8.56. The fraction of sp³-hybridized carbons (Fsp3) is 0.167. The van der Waals surface area contributed by atoms with Crippen LogP contribution in [0.3, 0.4) is 0 Å². The number of rotatable bonds is 0. The van der Waals surface area contributed by atoms with Gasteiger partial charge in [0, 0.05) is 5.56 Å². The van der Waals surface area contributed by atoms with Crippen LogP contribution in [0.1, 0.15) is 21.5 Å². The molecule has 1 aromatic rings. The highest BCUT2D eigenvalue weighted by Gasteiger charge is 2.30. The molecule has 4 heteroatoms. The average molecular weight is 234 g/mol. The van der Waals surface area contributed by atoms with Gasteiger partial charge in [-0.25, -0.2) is 0 Å². The van der Waals surface area contributed by atoms with Crippen LogP contribution in [0.2, 0.25) is 0 Å². The molecule has 1 aliphatic heterocycles. The van der Waals surface area contributed by atoms with E-state index < -0.39 is 11.7 Å². The van der Waals surface area contributed by atoms with Crippen LogP contribution in [0.5, 0.6) is 0 Å². The van der Waals surface area contributed by atoms with E-state index in [-0.39, 0.29) is 5.88 Å². The van der Waals surface area contributed by atoms with Crippen LogP contribution < -0.4 is 5.32 Å². The number of anilines is 1. The third kappa shape index (κ3) is 1.58. The minimum atomic E-state index is -0.602. The first kappa shape index (κ1) is 10.7. The molecule has 80 valence electrons.